The Balaban J connectivity index is 1.90. The van der Waals surface area contributed by atoms with Gasteiger partial charge in [0.1, 0.15) is 0 Å². The molecular formula is C8H10ClN5S. The van der Waals surface area contributed by atoms with Crippen LogP contribution in [0.4, 0.5) is 0 Å². The lowest BCUT2D eigenvalue weighted by atomic mass is 10.2. The Morgan fingerprint density at radius 2 is 2.53 bits per heavy atom. The summed E-state index contributed by atoms with van der Waals surface area (Å²) >= 11 is 7.39. The van der Waals surface area contributed by atoms with Gasteiger partial charge in [0.25, 0.3) is 0 Å². The molecule has 0 bridgehead atoms. The second-order valence-electron chi connectivity index (χ2n) is 3.11. The molecule has 0 amide bonds. The highest BCUT2D eigenvalue weighted by molar-refractivity contribution is 7.14. The topological polar surface area (TPSA) is 66.5 Å². The molecule has 0 aromatic carbocycles. The molecule has 1 unspecified atom stereocenters. The lowest BCUT2D eigenvalue weighted by Gasteiger charge is -2.09. The number of H-pyrrole nitrogens is 1. The number of halogens is 1. The number of nitrogens with one attached hydrogen (secondary N) is 2. The summed E-state index contributed by atoms with van der Waals surface area (Å²) in [5.74, 6) is 0.656. The maximum atomic E-state index is 5.86. The predicted molar refractivity (Wildman–Crippen MR) is 58.8 cm³/mol. The minimum absolute atomic E-state index is 0.229. The number of tetrazole rings is 1. The summed E-state index contributed by atoms with van der Waals surface area (Å²) in [5, 5.41) is 18.9. The molecule has 0 saturated heterocycles. The highest BCUT2D eigenvalue weighted by Gasteiger charge is 2.08. The van der Waals surface area contributed by atoms with Gasteiger partial charge in [0.15, 0.2) is 5.82 Å². The summed E-state index contributed by atoms with van der Waals surface area (Å²) in [6.07, 6.45) is 0. The van der Waals surface area contributed by atoms with Crippen molar-refractivity contribution in [2.24, 2.45) is 0 Å². The number of aromatic nitrogens is 4. The largest absolute Gasteiger partial charge is 0.303 e. The molecule has 0 aliphatic rings. The molecule has 0 aliphatic heterocycles. The van der Waals surface area contributed by atoms with E-state index in [0.717, 1.165) is 4.34 Å². The van der Waals surface area contributed by atoms with E-state index in [2.05, 4.69) is 32.9 Å². The van der Waals surface area contributed by atoms with E-state index in [-0.39, 0.29) is 6.04 Å². The van der Waals surface area contributed by atoms with Gasteiger partial charge in [-0.1, -0.05) is 16.8 Å². The Bertz CT molecular complexity index is 412. The van der Waals surface area contributed by atoms with Crippen LogP contribution >= 0.6 is 22.9 Å². The van der Waals surface area contributed by atoms with Crippen LogP contribution in [0.5, 0.6) is 0 Å². The SMILES string of the molecule is CC(NCc1nn[nH]n1)c1csc(Cl)c1. The molecule has 7 heteroatoms. The average Bonchev–Trinajstić information content (AvgIpc) is 2.84. The molecule has 15 heavy (non-hydrogen) atoms. The molecule has 0 spiro atoms. The van der Waals surface area contributed by atoms with Crippen LogP contribution in [0.3, 0.4) is 0 Å². The molecule has 0 fully saturated rings. The van der Waals surface area contributed by atoms with Gasteiger partial charge < -0.3 is 5.32 Å². The molecule has 1 atom stereocenters. The second-order valence-corrected chi connectivity index (χ2v) is 4.66. The fourth-order valence-corrected chi connectivity index (χ4v) is 2.15. The molecule has 2 aromatic heterocycles. The van der Waals surface area contributed by atoms with Crippen molar-refractivity contribution >= 4 is 22.9 Å². The van der Waals surface area contributed by atoms with Crippen LogP contribution in [-0.2, 0) is 6.54 Å². The summed E-state index contributed by atoms with van der Waals surface area (Å²) in [6, 6.07) is 2.19. The number of nitrogens with zero attached hydrogens (tertiary/aromatic N) is 3. The first-order valence-corrected chi connectivity index (χ1v) is 5.71. The molecule has 2 heterocycles. The van der Waals surface area contributed by atoms with Crippen LogP contribution in [0.2, 0.25) is 4.34 Å². The Labute approximate surface area is 95.9 Å². The van der Waals surface area contributed by atoms with E-state index >= 15 is 0 Å². The van der Waals surface area contributed by atoms with Crippen molar-refractivity contribution in [1.29, 1.82) is 0 Å². The molecule has 0 radical (unpaired) electrons. The minimum Gasteiger partial charge on any atom is -0.303 e. The van der Waals surface area contributed by atoms with Crippen molar-refractivity contribution in [1.82, 2.24) is 25.9 Å². The monoisotopic (exact) mass is 243 g/mol. The van der Waals surface area contributed by atoms with Crippen LogP contribution in [0.15, 0.2) is 11.4 Å². The Morgan fingerprint density at radius 3 is 3.13 bits per heavy atom. The quantitative estimate of drug-likeness (QED) is 0.859. The van der Waals surface area contributed by atoms with Gasteiger partial charge in [0, 0.05) is 6.04 Å². The number of hydrogen-bond acceptors (Lipinski definition) is 5. The van der Waals surface area contributed by atoms with E-state index in [1.165, 1.54) is 16.9 Å². The first-order chi connectivity index (χ1) is 7.25. The van der Waals surface area contributed by atoms with E-state index in [9.17, 15) is 0 Å². The Kier molecular flexibility index (Phi) is 3.30. The number of aromatic amines is 1. The van der Waals surface area contributed by atoms with Gasteiger partial charge >= 0.3 is 0 Å². The van der Waals surface area contributed by atoms with Crippen molar-refractivity contribution in [2.75, 3.05) is 0 Å². The number of thiophene rings is 1. The van der Waals surface area contributed by atoms with E-state index < -0.39 is 0 Å². The first kappa shape index (κ1) is 10.5. The molecule has 5 nitrogen and oxygen atoms in total. The smallest absolute Gasteiger partial charge is 0.188 e. The predicted octanol–water partition coefficient (Wildman–Crippen LogP) is 1.77. The highest BCUT2D eigenvalue weighted by atomic mass is 35.5. The third-order valence-electron chi connectivity index (χ3n) is 2.04. The fraction of sp³-hybridized carbons (Fsp3) is 0.375. The number of hydrogen-bond donors (Lipinski definition) is 2. The maximum absolute atomic E-state index is 5.86. The molecule has 2 N–H and O–H groups in total. The van der Waals surface area contributed by atoms with Crippen LogP contribution in [-0.4, -0.2) is 20.6 Å². The zero-order valence-corrected chi connectivity index (χ0v) is 9.64. The lowest BCUT2D eigenvalue weighted by molar-refractivity contribution is 0.561. The zero-order chi connectivity index (χ0) is 10.7. The maximum Gasteiger partial charge on any atom is 0.188 e. The van der Waals surface area contributed by atoms with Crippen molar-refractivity contribution in [3.63, 3.8) is 0 Å². The van der Waals surface area contributed by atoms with Gasteiger partial charge in [0.2, 0.25) is 0 Å². The van der Waals surface area contributed by atoms with Gasteiger partial charge in [-0.05, 0) is 23.9 Å². The van der Waals surface area contributed by atoms with Crippen molar-refractivity contribution in [3.8, 4) is 0 Å². The van der Waals surface area contributed by atoms with Crippen LogP contribution in [0.1, 0.15) is 24.4 Å². The third-order valence-corrected chi connectivity index (χ3v) is 3.15. The van der Waals surface area contributed by atoms with E-state index in [1.54, 1.807) is 0 Å². The molecular weight excluding hydrogens is 234 g/mol. The highest BCUT2D eigenvalue weighted by Crippen LogP contribution is 2.24. The van der Waals surface area contributed by atoms with Crippen LogP contribution in [0, 0.1) is 0 Å². The molecule has 2 aromatic rings. The van der Waals surface area contributed by atoms with E-state index in [4.69, 9.17) is 11.6 Å². The van der Waals surface area contributed by atoms with Gasteiger partial charge in [-0.2, -0.15) is 5.21 Å². The fourth-order valence-electron chi connectivity index (χ4n) is 1.17. The van der Waals surface area contributed by atoms with Crippen LogP contribution in [0.25, 0.3) is 0 Å². The van der Waals surface area contributed by atoms with Crippen molar-refractivity contribution < 1.29 is 0 Å². The van der Waals surface area contributed by atoms with Crippen molar-refractivity contribution in [3.05, 3.63) is 27.2 Å². The summed E-state index contributed by atoms with van der Waals surface area (Å²) in [7, 11) is 0. The van der Waals surface area contributed by atoms with E-state index in [0.29, 0.717) is 12.4 Å². The summed E-state index contributed by atoms with van der Waals surface area (Å²) in [4.78, 5) is 0. The van der Waals surface area contributed by atoms with Crippen LogP contribution < -0.4 is 5.32 Å². The van der Waals surface area contributed by atoms with Gasteiger partial charge in [0.05, 0.1) is 10.9 Å². The Hall–Kier alpha value is -0.980. The first-order valence-electron chi connectivity index (χ1n) is 4.45. The molecule has 80 valence electrons. The Morgan fingerprint density at radius 1 is 1.67 bits per heavy atom. The number of rotatable bonds is 4. The standard InChI is InChI=1S/C8H10ClN5S/c1-5(6-2-7(9)15-4-6)10-3-8-11-13-14-12-8/h2,4-5,10H,3H2,1H3,(H,11,12,13,14). The van der Waals surface area contributed by atoms with Crippen molar-refractivity contribution in [2.45, 2.75) is 19.5 Å². The van der Waals surface area contributed by atoms with Gasteiger partial charge in [-0.25, -0.2) is 0 Å². The lowest BCUT2D eigenvalue weighted by Crippen LogP contribution is -2.18. The van der Waals surface area contributed by atoms with E-state index in [1.807, 2.05) is 11.4 Å². The van der Waals surface area contributed by atoms with Gasteiger partial charge in [-0.3, -0.25) is 0 Å². The average molecular weight is 244 g/mol. The molecule has 2 rings (SSSR count). The summed E-state index contributed by atoms with van der Waals surface area (Å²) in [5.41, 5.74) is 1.17. The summed E-state index contributed by atoms with van der Waals surface area (Å²) < 4.78 is 0.804. The molecule has 0 aliphatic carbocycles. The normalized spacial score (nSPS) is 12.9. The second kappa shape index (κ2) is 4.69. The minimum atomic E-state index is 0.229. The third kappa shape index (κ3) is 2.74. The molecule has 0 saturated carbocycles. The zero-order valence-electron chi connectivity index (χ0n) is 8.07. The van der Waals surface area contributed by atoms with Gasteiger partial charge in [-0.15, -0.1) is 21.5 Å². The summed E-state index contributed by atoms with van der Waals surface area (Å²) in [6.45, 7) is 2.66.